The van der Waals surface area contributed by atoms with Gasteiger partial charge in [-0.15, -0.1) is 0 Å². The van der Waals surface area contributed by atoms with E-state index in [2.05, 4.69) is 37.8 Å². The summed E-state index contributed by atoms with van der Waals surface area (Å²) in [5, 5.41) is 9.32. The van der Waals surface area contributed by atoms with Gasteiger partial charge in [0.1, 0.15) is 5.69 Å². The number of anilines is 1. The molecule has 0 aromatic carbocycles. The van der Waals surface area contributed by atoms with Crippen molar-refractivity contribution < 1.29 is 13.2 Å². The Morgan fingerprint density at radius 2 is 2.12 bits per heavy atom. The molecule has 1 saturated carbocycles. The zero-order valence-electron chi connectivity index (χ0n) is 14.5. The Morgan fingerprint density at radius 1 is 1.32 bits per heavy atom. The first-order valence-corrected chi connectivity index (χ1v) is 8.49. The minimum absolute atomic E-state index is 0.0410. The summed E-state index contributed by atoms with van der Waals surface area (Å²) in [7, 11) is 1.70. The minimum Gasteiger partial charge on any atom is -0.355 e. The van der Waals surface area contributed by atoms with Gasteiger partial charge in [-0.3, -0.25) is 4.99 Å². The molecular formula is C16H25F3N6. The van der Waals surface area contributed by atoms with Gasteiger partial charge in [-0.2, -0.15) is 13.2 Å². The molecule has 3 N–H and O–H groups in total. The fourth-order valence-corrected chi connectivity index (χ4v) is 2.91. The smallest absolute Gasteiger partial charge is 0.355 e. The summed E-state index contributed by atoms with van der Waals surface area (Å²) >= 11 is 0. The second-order valence-corrected chi connectivity index (χ2v) is 6.30. The Balaban J connectivity index is 1.74. The highest BCUT2D eigenvalue weighted by atomic mass is 19.4. The van der Waals surface area contributed by atoms with Gasteiger partial charge >= 0.3 is 6.18 Å². The van der Waals surface area contributed by atoms with E-state index < -0.39 is 11.9 Å². The number of guanidine groups is 1. The maximum absolute atomic E-state index is 12.6. The van der Waals surface area contributed by atoms with Crippen LogP contribution in [0.15, 0.2) is 17.3 Å². The summed E-state index contributed by atoms with van der Waals surface area (Å²) in [5.41, 5.74) is -0.957. The maximum Gasteiger partial charge on any atom is 0.433 e. The van der Waals surface area contributed by atoms with Crippen molar-refractivity contribution in [1.29, 1.82) is 0 Å². The van der Waals surface area contributed by atoms with Crippen molar-refractivity contribution in [3.63, 3.8) is 0 Å². The molecule has 2 unspecified atom stereocenters. The Bertz CT molecular complexity index is 575. The van der Waals surface area contributed by atoms with Gasteiger partial charge in [0.05, 0.1) is 0 Å². The van der Waals surface area contributed by atoms with Crippen molar-refractivity contribution >= 4 is 11.9 Å². The largest absolute Gasteiger partial charge is 0.433 e. The molecule has 0 saturated heterocycles. The lowest BCUT2D eigenvalue weighted by molar-refractivity contribution is -0.141. The molecule has 0 bridgehead atoms. The van der Waals surface area contributed by atoms with Crippen molar-refractivity contribution in [2.75, 3.05) is 25.5 Å². The molecule has 1 aromatic heterocycles. The number of hydrogen-bond donors (Lipinski definition) is 3. The van der Waals surface area contributed by atoms with Crippen molar-refractivity contribution in [2.24, 2.45) is 10.9 Å². The summed E-state index contributed by atoms with van der Waals surface area (Å²) in [6, 6.07) is 1.26. The van der Waals surface area contributed by atoms with Gasteiger partial charge in [-0.05, 0) is 24.8 Å². The van der Waals surface area contributed by atoms with Crippen LogP contribution < -0.4 is 16.0 Å². The van der Waals surface area contributed by atoms with Gasteiger partial charge in [-0.25, -0.2) is 9.97 Å². The van der Waals surface area contributed by atoms with E-state index in [4.69, 9.17) is 0 Å². The molecule has 25 heavy (non-hydrogen) atoms. The van der Waals surface area contributed by atoms with Crippen LogP contribution >= 0.6 is 0 Å². The number of nitrogens with zero attached hydrogens (tertiary/aromatic N) is 3. The Kier molecular flexibility index (Phi) is 6.83. The van der Waals surface area contributed by atoms with E-state index in [9.17, 15) is 13.2 Å². The molecule has 1 aromatic rings. The van der Waals surface area contributed by atoms with E-state index in [0.717, 1.165) is 25.1 Å². The molecule has 1 aliphatic carbocycles. The van der Waals surface area contributed by atoms with Gasteiger partial charge in [-0.1, -0.05) is 19.8 Å². The first kappa shape index (κ1) is 19.3. The molecule has 0 amide bonds. The van der Waals surface area contributed by atoms with Crippen LogP contribution in [0.4, 0.5) is 19.1 Å². The van der Waals surface area contributed by atoms with Crippen molar-refractivity contribution in [3.8, 4) is 0 Å². The van der Waals surface area contributed by atoms with E-state index in [0.29, 0.717) is 31.0 Å². The maximum atomic E-state index is 12.6. The third-order valence-corrected chi connectivity index (χ3v) is 4.15. The van der Waals surface area contributed by atoms with E-state index in [-0.39, 0.29) is 5.95 Å². The lowest BCUT2D eigenvalue weighted by Gasteiger charge is -2.28. The molecule has 2 rings (SSSR count). The monoisotopic (exact) mass is 358 g/mol. The molecule has 0 aliphatic heterocycles. The van der Waals surface area contributed by atoms with Gasteiger partial charge in [0, 0.05) is 32.4 Å². The molecular weight excluding hydrogens is 333 g/mol. The van der Waals surface area contributed by atoms with Crippen LogP contribution in [-0.4, -0.2) is 42.1 Å². The molecule has 1 aliphatic rings. The van der Waals surface area contributed by atoms with Crippen LogP contribution in [0.2, 0.25) is 0 Å². The highest BCUT2D eigenvalue weighted by molar-refractivity contribution is 5.79. The third kappa shape index (κ3) is 6.39. The number of aliphatic imine (C=N–C) groups is 1. The molecule has 140 valence electrons. The first-order chi connectivity index (χ1) is 11.9. The fraction of sp³-hybridized carbons (Fsp3) is 0.688. The topological polar surface area (TPSA) is 74.2 Å². The van der Waals surface area contributed by atoms with E-state index in [1.807, 2.05) is 0 Å². The van der Waals surface area contributed by atoms with Crippen LogP contribution in [-0.2, 0) is 6.18 Å². The number of rotatable bonds is 5. The predicted molar refractivity (Wildman–Crippen MR) is 91.4 cm³/mol. The summed E-state index contributed by atoms with van der Waals surface area (Å²) in [6.45, 7) is 3.12. The van der Waals surface area contributed by atoms with Crippen LogP contribution in [0.5, 0.6) is 0 Å². The second kappa shape index (κ2) is 8.87. The minimum atomic E-state index is -4.47. The molecule has 6 nitrogen and oxygen atoms in total. The van der Waals surface area contributed by atoms with Crippen molar-refractivity contribution in [3.05, 3.63) is 18.0 Å². The van der Waals surface area contributed by atoms with Gasteiger partial charge in [0.2, 0.25) is 5.95 Å². The molecule has 9 heteroatoms. The number of hydrogen-bond acceptors (Lipinski definition) is 4. The summed E-state index contributed by atoms with van der Waals surface area (Å²) < 4.78 is 37.8. The molecule has 0 radical (unpaired) electrons. The summed E-state index contributed by atoms with van der Waals surface area (Å²) in [6.07, 6.45) is 1.35. The zero-order chi connectivity index (χ0) is 18.3. The van der Waals surface area contributed by atoms with E-state index >= 15 is 0 Å². The predicted octanol–water partition coefficient (Wildman–Crippen LogP) is 2.65. The number of alkyl halides is 3. The highest BCUT2D eigenvalue weighted by Gasteiger charge is 2.32. The van der Waals surface area contributed by atoms with Crippen LogP contribution in [0.1, 0.15) is 38.3 Å². The standard InChI is InChI=1S/C16H25F3N6/c1-11-4-3-5-12(10-11)24-14(20-2)22-8-9-23-15-21-7-6-13(25-15)16(17,18)19/h6-7,11-12H,3-5,8-10H2,1-2H3,(H2,20,22,24)(H,21,23,25). The quantitative estimate of drug-likeness (QED) is 0.429. The summed E-state index contributed by atoms with van der Waals surface area (Å²) in [5.74, 6) is 1.37. The lowest BCUT2D eigenvalue weighted by Crippen LogP contribution is -2.46. The van der Waals surface area contributed by atoms with Gasteiger partial charge < -0.3 is 16.0 Å². The Hall–Kier alpha value is -2.06. The second-order valence-electron chi connectivity index (χ2n) is 6.30. The van der Waals surface area contributed by atoms with Crippen LogP contribution in [0, 0.1) is 5.92 Å². The van der Waals surface area contributed by atoms with Crippen LogP contribution in [0.25, 0.3) is 0 Å². The fourth-order valence-electron chi connectivity index (χ4n) is 2.91. The van der Waals surface area contributed by atoms with Crippen molar-refractivity contribution in [1.82, 2.24) is 20.6 Å². The highest BCUT2D eigenvalue weighted by Crippen LogP contribution is 2.27. The van der Waals surface area contributed by atoms with Crippen molar-refractivity contribution in [2.45, 2.75) is 44.8 Å². The average molecular weight is 358 g/mol. The Labute approximate surface area is 145 Å². The lowest BCUT2D eigenvalue weighted by atomic mass is 9.87. The molecule has 1 heterocycles. The first-order valence-electron chi connectivity index (χ1n) is 8.49. The average Bonchev–Trinajstić information content (AvgIpc) is 2.57. The van der Waals surface area contributed by atoms with E-state index in [1.54, 1.807) is 7.05 Å². The normalized spacial score (nSPS) is 21.7. The van der Waals surface area contributed by atoms with Crippen LogP contribution in [0.3, 0.4) is 0 Å². The number of aromatic nitrogens is 2. The molecule has 1 fully saturated rings. The number of halogens is 3. The zero-order valence-corrected chi connectivity index (χ0v) is 14.5. The Morgan fingerprint density at radius 3 is 2.80 bits per heavy atom. The van der Waals surface area contributed by atoms with Gasteiger partial charge in [0.25, 0.3) is 0 Å². The molecule has 0 spiro atoms. The number of nitrogens with one attached hydrogen (secondary N) is 3. The summed E-state index contributed by atoms with van der Waals surface area (Å²) in [4.78, 5) is 11.4. The SMILES string of the molecule is CN=C(NCCNc1nccc(C(F)(F)F)n1)NC1CCCC(C)C1. The third-order valence-electron chi connectivity index (χ3n) is 4.15. The molecule has 2 atom stereocenters. The van der Waals surface area contributed by atoms with Gasteiger partial charge in [0.15, 0.2) is 5.96 Å². The van der Waals surface area contributed by atoms with E-state index in [1.165, 1.54) is 12.8 Å².